The van der Waals surface area contributed by atoms with Crippen LogP contribution in [0.3, 0.4) is 0 Å². The first-order valence-electron chi connectivity index (χ1n) is 9.77. The van der Waals surface area contributed by atoms with E-state index in [-0.39, 0.29) is 45.1 Å². The van der Waals surface area contributed by atoms with Crippen LogP contribution in [0.4, 0.5) is 0 Å². The molecule has 0 saturated carbocycles. The molecule has 0 unspecified atom stereocenters. The Bertz CT molecular complexity index is 1230. The summed E-state index contributed by atoms with van der Waals surface area (Å²) in [6.07, 6.45) is 0.0795. The van der Waals surface area contributed by atoms with Crippen LogP contribution < -0.4 is 10.5 Å². The van der Waals surface area contributed by atoms with Gasteiger partial charge in [0.25, 0.3) is 0 Å². The number of carboxylic acid groups (broad SMARTS) is 2. The van der Waals surface area contributed by atoms with Crippen LogP contribution in [0, 0.1) is 0 Å². The molecule has 0 radical (unpaired) electrons. The zero-order valence-electron chi connectivity index (χ0n) is 18.2. The van der Waals surface area contributed by atoms with Crippen LogP contribution in [0.1, 0.15) is 27.7 Å². The van der Waals surface area contributed by atoms with Gasteiger partial charge in [-0.2, -0.15) is 0 Å². The van der Waals surface area contributed by atoms with E-state index >= 15 is 0 Å². The van der Waals surface area contributed by atoms with E-state index < -0.39 is 24.1 Å². The van der Waals surface area contributed by atoms with E-state index in [1.54, 1.807) is 17.5 Å². The Morgan fingerprint density at radius 1 is 1.03 bits per heavy atom. The van der Waals surface area contributed by atoms with Crippen LogP contribution in [-0.4, -0.2) is 50.3 Å². The Morgan fingerprint density at radius 3 is 2.26 bits per heavy atom. The van der Waals surface area contributed by atoms with Crippen LogP contribution in [0.15, 0.2) is 47.8 Å². The van der Waals surface area contributed by atoms with Crippen molar-refractivity contribution in [2.75, 3.05) is 6.61 Å². The highest BCUT2D eigenvalue weighted by molar-refractivity contribution is 7.12. The van der Waals surface area contributed by atoms with Crippen LogP contribution in [0.25, 0.3) is 0 Å². The second-order valence-electron chi connectivity index (χ2n) is 7.45. The molecule has 0 aliphatic carbocycles. The minimum absolute atomic E-state index is 0.0234. The molecule has 2 aromatic carbocycles. The number of ketones is 1. The number of carbonyl (C=O) groups excluding carboxylic acids is 1. The standard InChI is InChI=1S/C13H8Cl2O4S.C10H13NO4/c14-11-7(13(18)9-2-1-5-20-9)3-4-8(12(11)15)19-6-10(16)17;1-10(11,9(14)15)5-6-2-3-7(12)8(13)4-6/h1-5H,6H2,(H,16,17);2-4,12-13H,5,11H2,1H3,(H,14,15)/t;10-/m.0/s1. The summed E-state index contributed by atoms with van der Waals surface area (Å²) in [5.41, 5.74) is 4.96. The monoisotopic (exact) mass is 541 g/mol. The van der Waals surface area contributed by atoms with Crippen LogP contribution >= 0.6 is 34.5 Å². The number of hydrogen-bond acceptors (Lipinski definition) is 8. The predicted octanol–water partition coefficient (Wildman–Crippen LogP) is 4.19. The van der Waals surface area contributed by atoms with Gasteiger partial charge >= 0.3 is 11.9 Å². The lowest BCUT2D eigenvalue weighted by Gasteiger charge is -2.19. The number of rotatable bonds is 8. The van der Waals surface area contributed by atoms with Gasteiger partial charge in [-0.05, 0) is 48.2 Å². The van der Waals surface area contributed by atoms with Crippen molar-refractivity contribution >= 4 is 52.3 Å². The van der Waals surface area contributed by atoms with E-state index in [2.05, 4.69) is 0 Å². The minimum atomic E-state index is -1.39. The van der Waals surface area contributed by atoms with Gasteiger partial charge < -0.3 is 30.9 Å². The molecular weight excluding hydrogens is 521 g/mol. The maximum Gasteiger partial charge on any atom is 0.341 e. The summed E-state index contributed by atoms with van der Waals surface area (Å²) in [5.74, 6) is -2.88. The van der Waals surface area contributed by atoms with Gasteiger partial charge in [0.2, 0.25) is 5.78 Å². The molecule has 1 heterocycles. The van der Waals surface area contributed by atoms with E-state index in [0.717, 1.165) is 0 Å². The number of hydrogen-bond donors (Lipinski definition) is 5. The first-order chi connectivity index (χ1) is 16.3. The average molecular weight is 542 g/mol. The van der Waals surface area contributed by atoms with Crippen molar-refractivity contribution in [2.45, 2.75) is 18.9 Å². The van der Waals surface area contributed by atoms with E-state index in [1.165, 1.54) is 48.6 Å². The van der Waals surface area contributed by atoms with Gasteiger partial charge in [0.05, 0.1) is 9.90 Å². The molecule has 1 atom stereocenters. The fourth-order valence-electron chi connectivity index (χ4n) is 2.68. The Hall–Kier alpha value is -3.31. The summed E-state index contributed by atoms with van der Waals surface area (Å²) >= 11 is 13.3. The molecule has 3 aromatic rings. The molecule has 0 fully saturated rings. The second kappa shape index (κ2) is 11.9. The summed E-state index contributed by atoms with van der Waals surface area (Å²) in [7, 11) is 0. The normalized spacial score (nSPS) is 12.1. The molecule has 3 rings (SSSR count). The van der Waals surface area contributed by atoms with Gasteiger partial charge in [-0.1, -0.05) is 35.3 Å². The van der Waals surface area contributed by atoms with E-state index in [1.807, 2.05) is 0 Å². The van der Waals surface area contributed by atoms with Crippen molar-refractivity contribution in [1.29, 1.82) is 0 Å². The van der Waals surface area contributed by atoms with Gasteiger partial charge in [0.15, 0.2) is 18.1 Å². The highest BCUT2D eigenvalue weighted by Gasteiger charge is 2.28. The number of carbonyl (C=O) groups is 3. The molecule has 9 nitrogen and oxygen atoms in total. The van der Waals surface area contributed by atoms with Gasteiger partial charge in [0, 0.05) is 12.0 Å². The smallest absolute Gasteiger partial charge is 0.341 e. The third-order valence-electron chi connectivity index (χ3n) is 4.49. The van der Waals surface area contributed by atoms with Crippen molar-refractivity contribution in [2.24, 2.45) is 5.73 Å². The highest BCUT2D eigenvalue weighted by atomic mass is 35.5. The molecular formula is C23H21Cl2NO8S. The fourth-order valence-corrected chi connectivity index (χ4v) is 3.82. The summed E-state index contributed by atoms with van der Waals surface area (Å²) < 4.78 is 4.98. The quantitative estimate of drug-likeness (QED) is 0.207. The predicted molar refractivity (Wildman–Crippen MR) is 131 cm³/mol. The molecule has 1 aromatic heterocycles. The lowest BCUT2D eigenvalue weighted by atomic mass is 9.94. The SMILES string of the molecule is C[C@](N)(Cc1ccc(O)c(O)c1)C(=O)O.O=C(O)COc1ccc(C(=O)c2cccs2)c(Cl)c1Cl. The third-order valence-corrected chi connectivity index (χ3v) is 6.22. The summed E-state index contributed by atoms with van der Waals surface area (Å²) in [5, 5.41) is 37.4. The molecule has 0 aliphatic rings. The number of thiophene rings is 1. The Kier molecular flexibility index (Phi) is 9.49. The molecule has 0 spiro atoms. The first-order valence-corrected chi connectivity index (χ1v) is 11.4. The molecule has 0 amide bonds. The van der Waals surface area contributed by atoms with Gasteiger partial charge in [-0.3, -0.25) is 9.59 Å². The molecule has 0 bridgehead atoms. The molecule has 186 valence electrons. The zero-order valence-corrected chi connectivity index (χ0v) is 20.5. The summed E-state index contributed by atoms with van der Waals surface area (Å²) in [6.45, 7) is 0.855. The number of phenolic OH excluding ortho intramolecular Hbond substituents is 2. The van der Waals surface area contributed by atoms with E-state index in [4.69, 9.17) is 49.0 Å². The van der Waals surface area contributed by atoms with E-state index in [9.17, 15) is 19.5 Å². The number of halogens is 2. The molecule has 12 heteroatoms. The zero-order chi connectivity index (χ0) is 26.3. The van der Waals surface area contributed by atoms with Gasteiger partial charge in [0.1, 0.15) is 16.3 Å². The lowest BCUT2D eigenvalue weighted by molar-refractivity contribution is -0.142. The van der Waals surface area contributed by atoms with Crippen LogP contribution in [0.2, 0.25) is 10.0 Å². The largest absolute Gasteiger partial charge is 0.504 e. The number of ether oxygens (including phenoxy) is 1. The lowest BCUT2D eigenvalue weighted by Crippen LogP contribution is -2.46. The summed E-state index contributed by atoms with van der Waals surface area (Å²) in [6, 6.07) is 10.4. The van der Waals surface area contributed by atoms with Crippen molar-refractivity contribution in [1.82, 2.24) is 0 Å². The molecule has 6 N–H and O–H groups in total. The summed E-state index contributed by atoms with van der Waals surface area (Å²) in [4.78, 5) is 33.9. The third kappa shape index (κ3) is 7.59. The van der Waals surface area contributed by atoms with Gasteiger partial charge in [-0.25, -0.2) is 4.79 Å². The number of benzene rings is 2. The first kappa shape index (κ1) is 27.9. The maximum absolute atomic E-state index is 12.2. The number of nitrogens with two attached hydrogens (primary N) is 1. The van der Waals surface area contributed by atoms with Crippen molar-refractivity contribution in [3.63, 3.8) is 0 Å². The molecule has 0 aliphatic heterocycles. The Morgan fingerprint density at radius 2 is 1.71 bits per heavy atom. The van der Waals surface area contributed by atoms with Gasteiger partial charge in [-0.15, -0.1) is 11.3 Å². The van der Waals surface area contributed by atoms with Crippen molar-refractivity contribution in [3.8, 4) is 17.2 Å². The van der Waals surface area contributed by atoms with Crippen LogP contribution in [0.5, 0.6) is 17.2 Å². The van der Waals surface area contributed by atoms with E-state index in [0.29, 0.717) is 10.4 Å². The second-order valence-corrected chi connectivity index (χ2v) is 9.15. The van der Waals surface area contributed by atoms with Crippen molar-refractivity contribution < 1.29 is 39.5 Å². The van der Waals surface area contributed by atoms with Crippen molar-refractivity contribution in [3.05, 3.63) is 73.9 Å². The number of aliphatic carboxylic acids is 2. The molecule has 35 heavy (non-hydrogen) atoms. The number of aromatic hydroxyl groups is 2. The maximum atomic E-state index is 12.2. The minimum Gasteiger partial charge on any atom is -0.504 e. The van der Waals surface area contributed by atoms with Crippen LogP contribution in [-0.2, 0) is 16.0 Å². The average Bonchev–Trinajstić information content (AvgIpc) is 3.32. The number of phenols is 2. The topological polar surface area (TPSA) is 167 Å². The highest BCUT2D eigenvalue weighted by Crippen LogP contribution is 2.36. The Labute approximate surface area is 213 Å². The fraction of sp³-hybridized carbons (Fsp3) is 0.174. The molecule has 0 saturated heterocycles. The Balaban J connectivity index is 0.000000258. The number of carboxylic acids is 2.